The van der Waals surface area contributed by atoms with Crippen LogP contribution in [-0.2, 0) is 0 Å². The molecule has 1 saturated carbocycles. The molecule has 0 radical (unpaired) electrons. The van der Waals surface area contributed by atoms with E-state index in [2.05, 4.69) is 40.3 Å². The average molecular weight is 328 g/mol. The Morgan fingerprint density at radius 2 is 2.00 bits per heavy atom. The molecule has 1 aromatic carbocycles. The molecule has 4 atom stereocenters. The van der Waals surface area contributed by atoms with Crippen LogP contribution in [0.15, 0.2) is 28.8 Å². The smallest absolute Gasteiger partial charge is 0.149 e. The van der Waals surface area contributed by atoms with Gasteiger partial charge in [0.1, 0.15) is 11.6 Å². The molecule has 0 saturated heterocycles. The minimum atomic E-state index is -0.571. The van der Waals surface area contributed by atoms with Gasteiger partial charge in [0.05, 0.1) is 10.2 Å². The fraction of sp³-hybridized carbons (Fsp3) is 0.467. The van der Waals surface area contributed by atoms with Crippen LogP contribution in [0.5, 0.6) is 0 Å². The Morgan fingerprint density at radius 3 is 2.63 bits per heavy atom. The maximum Gasteiger partial charge on any atom is 0.149 e. The average Bonchev–Trinajstić information content (AvgIpc) is 2.98. The monoisotopic (exact) mass is 327 g/mol. The van der Waals surface area contributed by atoms with Crippen LogP contribution in [0.1, 0.15) is 19.8 Å². The van der Waals surface area contributed by atoms with E-state index in [1.54, 1.807) is 0 Å². The van der Waals surface area contributed by atoms with Gasteiger partial charge in [0.25, 0.3) is 0 Å². The number of rotatable bonds is 3. The van der Waals surface area contributed by atoms with Crippen molar-refractivity contribution in [3.05, 3.63) is 40.4 Å². The molecule has 1 aromatic rings. The van der Waals surface area contributed by atoms with Gasteiger partial charge < -0.3 is 5.32 Å². The summed E-state index contributed by atoms with van der Waals surface area (Å²) >= 11 is 3.09. The van der Waals surface area contributed by atoms with Crippen LogP contribution >= 0.6 is 15.9 Å². The van der Waals surface area contributed by atoms with Crippen molar-refractivity contribution in [2.45, 2.75) is 25.8 Å². The first-order valence-corrected chi connectivity index (χ1v) is 7.43. The van der Waals surface area contributed by atoms with Crippen LogP contribution in [0.2, 0.25) is 0 Å². The molecule has 4 unspecified atom stereocenters. The summed E-state index contributed by atoms with van der Waals surface area (Å²) < 4.78 is 27.2. The molecular weight excluding hydrogens is 312 g/mol. The summed E-state index contributed by atoms with van der Waals surface area (Å²) in [7, 11) is 0. The van der Waals surface area contributed by atoms with Crippen molar-refractivity contribution in [3.8, 4) is 0 Å². The molecule has 102 valence electrons. The Bertz CT molecular complexity index is 529. The van der Waals surface area contributed by atoms with Gasteiger partial charge in [-0.05, 0) is 59.5 Å². The molecule has 1 fully saturated rings. The van der Waals surface area contributed by atoms with E-state index in [1.807, 2.05) is 0 Å². The molecule has 0 heterocycles. The lowest BCUT2D eigenvalue weighted by atomic mass is 9.87. The molecule has 1 nitrogen and oxygen atoms in total. The molecular formula is C15H16BrF2N. The summed E-state index contributed by atoms with van der Waals surface area (Å²) in [6.07, 6.45) is 6.97. The van der Waals surface area contributed by atoms with E-state index in [0.717, 1.165) is 6.07 Å². The van der Waals surface area contributed by atoms with Gasteiger partial charge >= 0.3 is 0 Å². The highest BCUT2D eigenvalue weighted by molar-refractivity contribution is 9.10. The molecule has 2 bridgehead atoms. The van der Waals surface area contributed by atoms with Gasteiger partial charge in [0.15, 0.2) is 0 Å². The van der Waals surface area contributed by atoms with Crippen LogP contribution in [-0.4, -0.2) is 6.04 Å². The van der Waals surface area contributed by atoms with Gasteiger partial charge in [-0.25, -0.2) is 8.78 Å². The Morgan fingerprint density at radius 1 is 1.21 bits per heavy atom. The lowest BCUT2D eigenvalue weighted by molar-refractivity contribution is 0.398. The zero-order valence-electron chi connectivity index (χ0n) is 10.7. The molecule has 1 N–H and O–H groups in total. The summed E-state index contributed by atoms with van der Waals surface area (Å²) in [5.74, 6) is 0.742. The fourth-order valence-electron chi connectivity index (χ4n) is 3.38. The topological polar surface area (TPSA) is 12.0 Å². The van der Waals surface area contributed by atoms with Gasteiger partial charge in [-0.15, -0.1) is 0 Å². The molecule has 19 heavy (non-hydrogen) atoms. The number of fused-ring (bicyclic) bond motifs is 2. The highest BCUT2D eigenvalue weighted by atomic mass is 79.9. The number of benzene rings is 1. The number of anilines is 1. The maximum atomic E-state index is 13.7. The summed E-state index contributed by atoms with van der Waals surface area (Å²) in [6, 6.07) is 2.58. The largest absolute Gasteiger partial charge is 0.380 e. The standard InChI is InChI=1S/C15H16BrF2N/c1-8(11-5-9-2-3-10(11)4-9)19-15-6-12(16)13(17)7-14(15)18/h2-3,6-11,19H,4-5H2,1H3. The third-order valence-electron chi connectivity index (χ3n) is 4.37. The van der Waals surface area contributed by atoms with E-state index < -0.39 is 11.6 Å². The van der Waals surface area contributed by atoms with Crippen molar-refractivity contribution in [1.82, 2.24) is 0 Å². The second-order valence-corrected chi connectivity index (χ2v) is 6.48. The molecule has 0 aromatic heterocycles. The van der Waals surface area contributed by atoms with Gasteiger partial charge in [-0.1, -0.05) is 12.2 Å². The Kier molecular flexibility index (Phi) is 3.37. The molecule has 4 heteroatoms. The zero-order chi connectivity index (χ0) is 13.6. The lowest BCUT2D eigenvalue weighted by Gasteiger charge is -2.27. The third-order valence-corrected chi connectivity index (χ3v) is 4.97. The highest BCUT2D eigenvalue weighted by Gasteiger charge is 2.38. The fourth-order valence-corrected chi connectivity index (χ4v) is 3.73. The quantitative estimate of drug-likeness (QED) is 0.624. The van der Waals surface area contributed by atoms with E-state index in [9.17, 15) is 8.78 Å². The molecule has 0 aliphatic heterocycles. The second kappa shape index (κ2) is 4.89. The summed E-state index contributed by atoms with van der Waals surface area (Å²) in [4.78, 5) is 0. The van der Waals surface area contributed by atoms with Crippen LogP contribution < -0.4 is 5.32 Å². The Balaban J connectivity index is 1.75. The minimum Gasteiger partial charge on any atom is -0.380 e. The van der Waals surface area contributed by atoms with Crippen LogP contribution in [0, 0.1) is 29.4 Å². The van der Waals surface area contributed by atoms with Crippen molar-refractivity contribution >= 4 is 21.6 Å². The van der Waals surface area contributed by atoms with Gasteiger partial charge in [-0.3, -0.25) is 0 Å². The molecule has 2 aliphatic rings. The van der Waals surface area contributed by atoms with Crippen LogP contribution in [0.4, 0.5) is 14.5 Å². The van der Waals surface area contributed by atoms with Crippen molar-refractivity contribution in [1.29, 1.82) is 0 Å². The van der Waals surface area contributed by atoms with Crippen molar-refractivity contribution in [2.24, 2.45) is 17.8 Å². The van der Waals surface area contributed by atoms with Gasteiger partial charge in [-0.2, -0.15) is 0 Å². The predicted octanol–water partition coefficient (Wildman–Crippen LogP) is 4.74. The third kappa shape index (κ3) is 2.42. The molecule has 3 rings (SSSR count). The summed E-state index contributed by atoms with van der Waals surface area (Å²) in [5, 5.41) is 3.20. The molecule has 2 aliphatic carbocycles. The minimum absolute atomic E-state index is 0.187. The van der Waals surface area contributed by atoms with Crippen molar-refractivity contribution in [3.63, 3.8) is 0 Å². The Labute approximate surface area is 120 Å². The van der Waals surface area contributed by atoms with Gasteiger partial charge in [0, 0.05) is 12.1 Å². The normalized spacial score (nSPS) is 29.8. The van der Waals surface area contributed by atoms with Crippen molar-refractivity contribution in [2.75, 3.05) is 5.32 Å². The van der Waals surface area contributed by atoms with E-state index in [0.29, 0.717) is 23.4 Å². The van der Waals surface area contributed by atoms with E-state index in [-0.39, 0.29) is 10.5 Å². The van der Waals surface area contributed by atoms with Crippen LogP contribution in [0.3, 0.4) is 0 Å². The maximum absolute atomic E-state index is 13.7. The highest BCUT2D eigenvalue weighted by Crippen LogP contribution is 2.45. The number of halogens is 3. The Hall–Kier alpha value is -0.900. The van der Waals surface area contributed by atoms with E-state index in [4.69, 9.17) is 0 Å². The summed E-state index contributed by atoms with van der Waals surface area (Å²) in [5.41, 5.74) is 0.368. The van der Waals surface area contributed by atoms with E-state index in [1.165, 1.54) is 18.9 Å². The number of nitrogens with one attached hydrogen (secondary N) is 1. The molecule has 0 amide bonds. The number of hydrogen-bond donors (Lipinski definition) is 1. The predicted molar refractivity (Wildman–Crippen MR) is 76.0 cm³/mol. The molecule has 0 spiro atoms. The summed E-state index contributed by atoms with van der Waals surface area (Å²) in [6.45, 7) is 2.08. The first kappa shape index (κ1) is 13.1. The number of hydrogen-bond acceptors (Lipinski definition) is 1. The van der Waals surface area contributed by atoms with Crippen LogP contribution in [0.25, 0.3) is 0 Å². The number of allylic oxidation sites excluding steroid dienone is 2. The second-order valence-electron chi connectivity index (χ2n) is 5.62. The zero-order valence-corrected chi connectivity index (χ0v) is 12.3. The first-order chi connectivity index (χ1) is 9.04. The lowest BCUT2D eigenvalue weighted by Crippen LogP contribution is -2.29. The van der Waals surface area contributed by atoms with Crippen molar-refractivity contribution < 1.29 is 8.78 Å². The SMILES string of the molecule is CC(Nc1cc(Br)c(F)cc1F)C1CC2C=CC1C2. The first-order valence-electron chi connectivity index (χ1n) is 6.64. The van der Waals surface area contributed by atoms with Gasteiger partial charge in [0.2, 0.25) is 0 Å². The van der Waals surface area contributed by atoms with E-state index >= 15 is 0 Å².